The van der Waals surface area contributed by atoms with E-state index in [2.05, 4.69) is 10.1 Å². The molecule has 0 spiro atoms. The van der Waals surface area contributed by atoms with Gasteiger partial charge in [0, 0.05) is 0 Å². The molecule has 22 heavy (non-hydrogen) atoms. The third-order valence-electron chi connectivity index (χ3n) is 3.24. The number of hydrogen-bond donors (Lipinski definition) is 2. The molecule has 110 valence electrons. The first-order valence-electron chi connectivity index (χ1n) is 6.61. The summed E-state index contributed by atoms with van der Waals surface area (Å²) in [5.41, 5.74) is 0.913. The topological polar surface area (TPSA) is 87.7 Å². The molecular formula is C16H13N3O3. The number of aryl methyl sites for hydroxylation is 1. The second-order valence-electron chi connectivity index (χ2n) is 4.79. The molecule has 6 nitrogen and oxygen atoms in total. The Morgan fingerprint density at radius 3 is 2.68 bits per heavy atom. The lowest BCUT2D eigenvalue weighted by molar-refractivity contribution is 0.403. The van der Waals surface area contributed by atoms with E-state index in [1.54, 1.807) is 31.2 Å². The van der Waals surface area contributed by atoms with Gasteiger partial charge >= 0.3 is 0 Å². The molecule has 2 N–H and O–H groups in total. The van der Waals surface area contributed by atoms with E-state index in [4.69, 9.17) is 0 Å². The van der Waals surface area contributed by atoms with Crippen LogP contribution in [-0.4, -0.2) is 26.1 Å². The molecule has 3 rings (SSSR count). The van der Waals surface area contributed by atoms with Crippen LogP contribution in [0.3, 0.4) is 0 Å². The molecule has 0 aliphatic carbocycles. The van der Waals surface area contributed by atoms with E-state index in [0.717, 1.165) is 0 Å². The molecule has 0 aliphatic heterocycles. The van der Waals surface area contributed by atoms with Crippen LogP contribution in [0, 0.1) is 6.92 Å². The monoisotopic (exact) mass is 295 g/mol. The van der Waals surface area contributed by atoms with Gasteiger partial charge in [0.1, 0.15) is 5.82 Å². The SMILES string of the molecule is Cc1nc2ccccc2c(=O)n1/N=C\c1ccc(O)c(O)c1. The first-order chi connectivity index (χ1) is 10.6. The maximum atomic E-state index is 12.4. The van der Waals surface area contributed by atoms with Gasteiger partial charge in [-0.3, -0.25) is 4.79 Å². The highest BCUT2D eigenvalue weighted by Gasteiger charge is 2.06. The van der Waals surface area contributed by atoms with Crippen LogP contribution in [0.5, 0.6) is 11.5 Å². The highest BCUT2D eigenvalue weighted by Crippen LogP contribution is 2.24. The van der Waals surface area contributed by atoms with Crippen molar-refractivity contribution in [2.45, 2.75) is 6.92 Å². The Kier molecular flexibility index (Phi) is 3.34. The van der Waals surface area contributed by atoms with Crippen LogP contribution >= 0.6 is 0 Å². The number of hydrogen-bond acceptors (Lipinski definition) is 5. The number of rotatable bonds is 2. The number of benzene rings is 2. The Morgan fingerprint density at radius 1 is 1.14 bits per heavy atom. The normalized spacial score (nSPS) is 11.3. The van der Waals surface area contributed by atoms with Crippen LogP contribution in [0.1, 0.15) is 11.4 Å². The fourth-order valence-electron chi connectivity index (χ4n) is 2.12. The van der Waals surface area contributed by atoms with Crippen molar-refractivity contribution in [3.8, 4) is 11.5 Å². The molecule has 0 unspecified atom stereocenters. The number of phenols is 2. The quantitative estimate of drug-likeness (QED) is 0.559. The highest BCUT2D eigenvalue weighted by molar-refractivity contribution is 5.81. The zero-order valence-electron chi connectivity index (χ0n) is 11.8. The van der Waals surface area contributed by atoms with Crippen LogP contribution in [0.15, 0.2) is 52.4 Å². The summed E-state index contributed by atoms with van der Waals surface area (Å²) >= 11 is 0. The predicted octanol–water partition coefficient (Wildman–Crippen LogP) is 2.00. The van der Waals surface area contributed by atoms with E-state index in [-0.39, 0.29) is 17.1 Å². The Bertz CT molecular complexity index is 945. The van der Waals surface area contributed by atoms with Crippen molar-refractivity contribution in [2.75, 3.05) is 0 Å². The van der Waals surface area contributed by atoms with Crippen LogP contribution in [0.2, 0.25) is 0 Å². The highest BCUT2D eigenvalue weighted by atomic mass is 16.3. The number of fused-ring (bicyclic) bond motifs is 1. The zero-order valence-corrected chi connectivity index (χ0v) is 11.8. The van der Waals surface area contributed by atoms with Gasteiger partial charge in [-0.25, -0.2) is 4.98 Å². The first kappa shape index (κ1) is 13.8. The van der Waals surface area contributed by atoms with Gasteiger partial charge in [-0.2, -0.15) is 9.78 Å². The lowest BCUT2D eigenvalue weighted by Crippen LogP contribution is -2.20. The molecule has 0 bridgehead atoms. The maximum Gasteiger partial charge on any atom is 0.282 e. The predicted molar refractivity (Wildman–Crippen MR) is 83.5 cm³/mol. The Morgan fingerprint density at radius 2 is 1.91 bits per heavy atom. The van der Waals surface area contributed by atoms with Gasteiger partial charge in [0.25, 0.3) is 5.56 Å². The minimum Gasteiger partial charge on any atom is -0.504 e. The van der Waals surface area contributed by atoms with Gasteiger partial charge in [-0.05, 0) is 42.8 Å². The van der Waals surface area contributed by atoms with Crippen molar-refractivity contribution in [1.82, 2.24) is 9.66 Å². The molecule has 0 aliphatic rings. The van der Waals surface area contributed by atoms with Crippen molar-refractivity contribution < 1.29 is 10.2 Å². The van der Waals surface area contributed by atoms with Gasteiger partial charge in [-0.1, -0.05) is 12.1 Å². The molecule has 0 atom stereocenters. The molecule has 0 radical (unpaired) electrons. The average Bonchev–Trinajstić information content (AvgIpc) is 2.50. The molecule has 1 heterocycles. The molecule has 0 saturated heterocycles. The molecule has 0 saturated carbocycles. The van der Waals surface area contributed by atoms with E-state index in [1.165, 1.54) is 23.0 Å². The van der Waals surface area contributed by atoms with Crippen molar-refractivity contribution in [1.29, 1.82) is 0 Å². The Hall–Kier alpha value is -3.15. The summed E-state index contributed by atoms with van der Waals surface area (Å²) in [4.78, 5) is 16.8. The minimum atomic E-state index is -0.262. The number of nitrogens with zero attached hydrogens (tertiary/aromatic N) is 3. The fraction of sp³-hybridized carbons (Fsp3) is 0.0625. The van der Waals surface area contributed by atoms with E-state index >= 15 is 0 Å². The third-order valence-corrected chi connectivity index (χ3v) is 3.24. The van der Waals surface area contributed by atoms with E-state index in [9.17, 15) is 15.0 Å². The largest absolute Gasteiger partial charge is 0.504 e. The molecule has 0 fully saturated rings. The lowest BCUT2D eigenvalue weighted by Gasteiger charge is -2.05. The van der Waals surface area contributed by atoms with Crippen LogP contribution in [0.4, 0.5) is 0 Å². The molecule has 3 aromatic rings. The van der Waals surface area contributed by atoms with Crippen LogP contribution in [-0.2, 0) is 0 Å². The first-order valence-corrected chi connectivity index (χ1v) is 6.61. The third kappa shape index (κ3) is 2.42. The standard InChI is InChI=1S/C16H13N3O3/c1-10-18-13-5-3-2-4-12(13)16(22)19(10)17-9-11-6-7-14(20)15(21)8-11/h2-9,20-21H,1H3/b17-9-. The number of aromatic hydroxyl groups is 2. The van der Waals surface area contributed by atoms with E-state index < -0.39 is 0 Å². The molecule has 2 aromatic carbocycles. The summed E-state index contributed by atoms with van der Waals surface area (Å²) in [6, 6.07) is 11.3. The summed E-state index contributed by atoms with van der Waals surface area (Å²) in [7, 11) is 0. The number of aromatic nitrogens is 2. The van der Waals surface area contributed by atoms with Gasteiger partial charge in [0.2, 0.25) is 0 Å². The van der Waals surface area contributed by atoms with Crippen LogP contribution < -0.4 is 5.56 Å². The molecule has 1 aromatic heterocycles. The summed E-state index contributed by atoms with van der Waals surface area (Å²) in [6.45, 7) is 1.69. The average molecular weight is 295 g/mol. The summed E-state index contributed by atoms with van der Waals surface area (Å²) in [5, 5.41) is 23.3. The molecular weight excluding hydrogens is 282 g/mol. The van der Waals surface area contributed by atoms with Gasteiger partial charge in [0.15, 0.2) is 11.5 Å². The maximum absolute atomic E-state index is 12.4. The Labute approximate surface area is 125 Å². The molecule has 0 amide bonds. The summed E-state index contributed by atoms with van der Waals surface area (Å²) in [5.74, 6) is 0.00507. The van der Waals surface area contributed by atoms with Crippen molar-refractivity contribution in [2.24, 2.45) is 5.10 Å². The summed E-state index contributed by atoms with van der Waals surface area (Å²) < 4.78 is 1.20. The van der Waals surface area contributed by atoms with Gasteiger partial charge in [-0.15, -0.1) is 0 Å². The van der Waals surface area contributed by atoms with E-state index in [0.29, 0.717) is 22.3 Å². The Balaban J connectivity index is 2.08. The number of para-hydroxylation sites is 1. The van der Waals surface area contributed by atoms with Gasteiger partial charge in [0.05, 0.1) is 17.1 Å². The van der Waals surface area contributed by atoms with Crippen molar-refractivity contribution in [3.63, 3.8) is 0 Å². The van der Waals surface area contributed by atoms with E-state index in [1.807, 2.05) is 6.07 Å². The summed E-state index contributed by atoms with van der Waals surface area (Å²) in [6.07, 6.45) is 1.42. The van der Waals surface area contributed by atoms with Gasteiger partial charge < -0.3 is 10.2 Å². The van der Waals surface area contributed by atoms with Crippen molar-refractivity contribution in [3.05, 3.63) is 64.2 Å². The second kappa shape index (κ2) is 5.33. The fourth-order valence-corrected chi connectivity index (χ4v) is 2.12. The zero-order chi connectivity index (χ0) is 15.7. The minimum absolute atomic E-state index is 0.210. The second-order valence-corrected chi connectivity index (χ2v) is 4.79. The lowest BCUT2D eigenvalue weighted by atomic mass is 10.2. The van der Waals surface area contributed by atoms with Crippen LogP contribution in [0.25, 0.3) is 10.9 Å². The van der Waals surface area contributed by atoms with Crippen molar-refractivity contribution >= 4 is 17.1 Å². The molecule has 6 heteroatoms. The number of phenolic OH excluding ortho intramolecular Hbond substituents is 2. The smallest absolute Gasteiger partial charge is 0.282 e.